The van der Waals surface area contributed by atoms with Crippen molar-refractivity contribution in [2.75, 3.05) is 5.33 Å². The maximum atomic E-state index is 12.3. The van der Waals surface area contributed by atoms with Gasteiger partial charge in [-0.25, -0.2) is 0 Å². The predicted octanol–water partition coefficient (Wildman–Crippen LogP) is 5.33. The summed E-state index contributed by atoms with van der Waals surface area (Å²) in [6.07, 6.45) is 2.06. The van der Waals surface area contributed by atoms with Gasteiger partial charge in [-0.05, 0) is 35.5 Å². The topological polar surface area (TPSA) is 26.3 Å². The smallest absolute Gasteiger partial charge is 0.306 e. The molecule has 2 aromatic rings. The Morgan fingerprint density at radius 3 is 2.38 bits per heavy atom. The minimum Gasteiger partial charge on any atom is -0.453 e. The summed E-state index contributed by atoms with van der Waals surface area (Å²) in [5.41, 5.74) is 2.68. The van der Waals surface area contributed by atoms with E-state index in [1.54, 1.807) is 0 Å². The summed E-state index contributed by atoms with van der Waals surface area (Å²) in [6.45, 7) is 4.23. The van der Waals surface area contributed by atoms with E-state index in [0.717, 1.165) is 29.5 Å². The fourth-order valence-corrected chi connectivity index (χ4v) is 4.10. The lowest BCUT2D eigenvalue weighted by molar-refractivity contribution is -0.169. The lowest BCUT2D eigenvalue weighted by Gasteiger charge is -2.39. The van der Waals surface area contributed by atoms with Crippen LogP contribution in [-0.2, 0) is 15.1 Å². The van der Waals surface area contributed by atoms with Gasteiger partial charge in [-0.1, -0.05) is 83.2 Å². The molecule has 0 spiro atoms. The van der Waals surface area contributed by atoms with Crippen LogP contribution in [0.1, 0.15) is 30.4 Å². The first-order valence-corrected chi connectivity index (χ1v) is 9.31. The van der Waals surface area contributed by atoms with Crippen LogP contribution < -0.4 is 0 Å². The molecule has 1 aliphatic rings. The largest absolute Gasteiger partial charge is 0.453 e. The number of cyclic esters (lactones) is 1. The maximum absolute atomic E-state index is 12.3. The Morgan fingerprint density at radius 2 is 1.75 bits per heavy atom. The van der Waals surface area contributed by atoms with Crippen LogP contribution in [0.2, 0.25) is 0 Å². The summed E-state index contributed by atoms with van der Waals surface area (Å²) >= 11 is 3.57. The average molecular weight is 385 g/mol. The van der Waals surface area contributed by atoms with E-state index in [1.165, 1.54) is 0 Å². The van der Waals surface area contributed by atoms with Gasteiger partial charge in [0.2, 0.25) is 0 Å². The third-order valence-corrected chi connectivity index (χ3v) is 5.52. The quantitative estimate of drug-likeness (QED) is 0.514. The van der Waals surface area contributed by atoms with Gasteiger partial charge in [-0.2, -0.15) is 0 Å². The first-order chi connectivity index (χ1) is 11.6. The van der Waals surface area contributed by atoms with E-state index in [0.29, 0.717) is 11.8 Å². The number of hydrogen-bond acceptors (Lipinski definition) is 2. The number of hydrogen-bond donors (Lipinski definition) is 0. The van der Waals surface area contributed by atoms with Gasteiger partial charge < -0.3 is 4.74 Å². The highest BCUT2D eigenvalue weighted by atomic mass is 79.9. The van der Waals surface area contributed by atoms with Gasteiger partial charge in [0.05, 0.1) is 0 Å². The van der Waals surface area contributed by atoms with Crippen LogP contribution in [0, 0.1) is 5.92 Å². The number of allylic oxidation sites excluding steroid dienone is 1. The van der Waals surface area contributed by atoms with E-state index in [2.05, 4.69) is 34.6 Å². The van der Waals surface area contributed by atoms with Crippen LogP contribution >= 0.6 is 15.9 Å². The number of halogens is 1. The molecule has 0 bridgehead atoms. The SMILES string of the molecule is C=C(C[C@H]1CC(=O)O[C@](CBr)(c2ccccc2)C1)c1ccccc1. The molecule has 3 rings (SSSR count). The van der Waals surface area contributed by atoms with Gasteiger partial charge in [0, 0.05) is 11.8 Å². The van der Waals surface area contributed by atoms with Crippen molar-refractivity contribution in [1.29, 1.82) is 0 Å². The molecule has 2 aromatic carbocycles. The highest BCUT2D eigenvalue weighted by molar-refractivity contribution is 9.09. The number of ether oxygens (including phenoxy) is 1. The lowest BCUT2D eigenvalue weighted by Crippen LogP contribution is -2.41. The lowest BCUT2D eigenvalue weighted by atomic mass is 9.79. The molecule has 1 aliphatic heterocycles. The molecule has 0 saturated carbocycles. The van der Waals surface area contributed by atoms with Gasteiger partial charge in [0.1, 0.15) is 5.60 Å². The van der Waals surface area contributed by atoms with Crippen LogP contribution in [0.25, 0.3) is 5.57 Å². The minimum atomic E-state index is -0.585. The molecule has 3 heteroatoms. The van der Waals surface area contributed by atoms with Crippen LogP contribution in [0.5, 0.6) is 0 Å². The first kappa shape index (κ1) is 17.0. The monoisotopic (exact) mass is 384 g/mol. The highest BCUT2D eigenvalue weighted by Crippen LogP contribution is 2.42. The molecule has 0 aliphatic carbocycles. The van der Waals surface area contributed by atoms with E-state index in [1.807, 2.05) is 48.5 Å². The van der Waals surface area contributed by atoms with Crippen molar-refractivity contribution in [2.24, 2.45) is 5.92 Å². The summed E-state index contributed by atoms with van der Waals surface area (Å²) in [7, 11) is 0. The zero-order valence-electron chi connectivity index (χ0n) is 13.6. The predicted molar refractivity (Wildman–Crippen MR) is 101 cm³/mol. The van der Waals surface area contributed by atoms with Crippen LogP contribution in [0.4, 0.5) is 0 Å². The summed E-state index contributed by atoms with van der Waals surface area (Å²) in [5, 5.41) is 0.601. The van der Waals surface area contributed by atoms with E-state index >= 15 is 0 Å². The van der Waals surface area contributed by atoms with E-state index in [9.17, 15) is 4.79 Å². The molecule has 2 nitrogen and oxygen atoms in total. The standard InChI is InChI=1S/C21H21BrO2/c1-16(18-8-4-2-5-9-18)12-17-13-20(23)24-21(14-17,15-22)19-10-6-3-7-11-19/h2-11,17H,1,12-15H2/t17-,21+/m0/s1. The Bertz CT molecular complexity index is 711. The normalized spacial score (nSPS) is 23.5. The molecule has 0 unspecified atom stereocenters. The Hall–Kier alpha value is -1.87. The van der Waals surface area contributed by atoms with E-state index in [-0.39, 0.29) is 11.9 Å². The van der Waals surface area contributed by atoms with Crippen molar-refractivity contribution in [1.82, 2.24) is 0 Å². The number of esters is 1. The van der Waals surface area contributed by atoms with Gasteiger partial charge in [0.25, 0.3) is 0 Å². The second-order valence-corrected chi connectivity index (χ2v) is 6.98. The maximum Gasteiger partial charge on any atom is 0.306 e. The molecule has 1 saturated heterocycles. The van der Waals surface area contributed by atoms with Crippen molar-refractivity contribution in [3.05, 3.63) is 78.4 Å². The molecule has 124 valence electrons. The Balaban J connectivity index is 1.80. The minimum absolute atomic E-state index is 0.129. The summed E-state index contributed by atoms with van der Waals surface area (Å²) in [6, 6.07) is 20.2. The molecular formula is C21H21BrO2. The van der Waals surface area contributed by atoms with E-state index in [4.69, 9.17) is 4.74 Å². The molecule has 0 radical (unpaired) electrons. The van der Waals surface area contributed by atoms with Crippen molar-refractivity contribution in [3.8, 4) is 0 Å². The molecule has 2 atom stereocenters. The molecule has 0 amide bonds. The van der Waals surface area contributed by atoms with Gasteiger partial charge >= 0.3 is 5.97 Å². The molecule has 1 heterocycles. The van der Waals surface area contributed by atoms with Gasteiger partial charge in [0.15, 0.2) is 0 Å². The number of carbonyl (C=O) groups is 1. The highest BCUT2D eigenvalue weighted by Gasteiger charge is 2.42. The summed E-state index contributed by atoms with van der Waals surface area (Å²) in [5.74, 6) is 0.104. The Morgan fingerprint density at radius 1 is 1.12 bits per heavy atom. The van der Waals surface area contributed by atoms with Crippen molar-refractivity contribution < 1.29 is 9.53 Å². The molecule has 0 N–H and O–H groups in total. The third kappa shape index (κ3) is 3.62. The van der Waals surface area contributed by atoms with Crippen LogP contribution in [-0.4, -0.2) is 11.3 Å². The van der Waals surface area contributed by atoms with Gasteiger partial charge in [-0.3, -0.25) is 4.79 Å². The number of benzene rings is 2. The number of carbonyl (C=O) groups excluding carboxylic acids is 1. The zero-order valence-corrected chi connectivity index (χ0v) is 15.2. The molecular weight excluding hydrogens is 364 g/mol. The van der Waals surface area contributed by atoms with Gasteiger partial charge in [-0.15, -0.1) is 0 Å². The Kier molecular flexibility index (Phi) is 5.20. The second kappa shape index (κ2) is 7.35. The average Bonchev–Trinajstić information content (AvgIpc) is 2.62. The molecule has 0 aromatic heterocycles. The first-order valence-electron chi connectivity index (χ1n) is 8.19. The summed E-state index contributed by atoms with van der Waals surface area (Å²) in [4.78, 5) is 12.3. The zero-order chi connectivity index (χ0) is 17.0. The van der Waals surface area contributed by atoms with Crippen LogP contribution in [0.3, 0.4) is 0 Å². The summed E-state index contributed by atoms with van der Waals surface area (Å²) < 4.78 is 5.81. The van der Waals surface area contributed by atoms with Crippen molar-refractivity contribution in [2.45, 2.75) is 24.9 Å². The molecule has 1 fully saturated rings. The second-order valence-electron chi connectivity index (χ2n) is 6.42. The number of alkyl halides is 1. The molecule has 24 heavy (non-hydrogen) atoms. The third-order valence-electron chi connectivity index (χ3n) is 4.62. The van der Waals surface area contributed by atoms with Crippen molar-refractivity contribution in [3.63, 3.8) is 0 Å². The fraction of sp³-hybridized carbons (Fsp3) is 0.286. The Labute approximate surface area is 151 Å². The van der Waals surface area contributed by atoms with E-state index < -0.39 is 5.60 Å². The number of rotatable bonds is 5. The fourth-order valence-electron chi connectivity index (χ4n) is 3.44. The van der Waals surface area contributed by atoms with Crippen molar-refractivity contribution >= 4 is 27.5 Å². The van der Waals surface area contributed by atoms with Crippen LogP contribution in [0.15, 0.2) is 67.2 Å².